The van der Waals surface area contributed by atoms with Crippen LogP contribution in [-0.2, 0) is 30.6 Å². The van der Waals surface area contributed by atoms with Gasteiger partial charge in [0, 0.05) is 18.3 Å². The second-order valence-electron chi connectivity index (χ2n) is 9.57. The average Bonchev–Trinajstić information content (AvgIpc) is 2.96. The molecule has 0 aromatic heterocycles. The summed E-state index contributed by atoms with van der Waals surface area (Å²) >= 11 is 0. The van der Waals surface area contributed by atoms with Crippen LogP contribution in [0.25, 0.3) is 0 Å². The molecule has 0 amide bonds. The molecule has 0 unspecified atom stereocenters. The monoisotopic (exact) mass is 440 g/mol. The minimum atomic E-state index is -1.19. The van der Waals surface area contributed by atoms with Crippen molar-refractivity contribution in [2.24, 2.45) is 23.7 Å². The fraction of sp³-hybridized carbons (Fsp3) is 0.696. The number of ether oxygens (including phenoxy) is 3. The first-order valence-electron chi connectivity index (χ1n) is 10.9. The Hall–Kier alpha value is -0.510. The molecule has 1 aliphatic carbocycles. The number of carbonyl (C=O) groups is 1. The zero-order chi connectivity index (χ0) is 21.1. The van der Waals surface area contributed by atoms with E-state index in [1.165, 1.54) is 12.1 Å². The Morgan fingerprint density at radius 1 is 1.13 bits per heavy atom. The summed E-state index contributed by atoms with van der Waals surface area (Å²) in [5.41, 5.74) is 0.433. The van der Waals surface area contributed by atoms with Crippen molar-refractivity contribution in [1.29, 1.82) is 0 Å². The molecule has 5 fully saturated rings. The summed E-state index contributed by atoms with van der Waals surface area (Å²) in [7, 11) is 0. The van der Waals surface area contributed by atoms with Gasteiger partial charge in [-0.3, -0.25) is 0 Å². The minimum absolute atomic E-state index is 0. The molecule has 0 N–H and O–H groups in total. The quantitative estimate of drug-likeness (QED) is 0.473. The normalized spacial score (nSPS) is 43.5. The van der Waals surface area contributed by atoms with Crippen molar-refractivity contribution in [2.75, 3.05) is 0 Å². The fourth-order valence-corrected chi connectivity index (χ4v) is 5.98. The fourth-order valence-electron chi connectivity index (χ4n) is 5.98. The molecular formula is C23H29NaO7. The molecule has 8 atom stereocenters. The molecule has 0 radical (unpaired) electrons. The van der Waals surface area contributed by atoms with E-state index in [1.54, 1.807) is 12.1 Å². The van der Waals surface area contributed by atoms with E-state index in [9.17, 15) is 9.90 Å². The number of hydrogen-bond acceptors (Lipinski definition) is 7. The molecular weight excluding hydrogens is 411 g/mol. The van der Waals surface area contributed by atoms with E-state index in [0.29, 0.717) is 18.4 Å². The Morgan fingerprint density at radius 2 is 1.87 bits per heavy atom. The van der Waals surface area contributed by atoms with E-state index < -0.39 is 29.9 Å². The standard InChI is InChI=1S/C23H30O7.Na/c1-13-4-9-18-14(2)20(26-12-15-5-7-16(8-6-15)19(24)25)27-21-23(18)17(13)10-11-22(3,28-21)29-30-23;/h5-8,13-14,17-18,20-21H,4,9-12H2,1-3H3,(H,24,25);/q;+1/p-1/t13-,14-,17+,18+,20+,21-,22-,23-;/m1./s1. The summed E-state index contributed by atoms with van der Waals surface area (Å²) in [6, 6.07) is 6.53. The second-order valence-corrected chi connectivity index (χ2v) is 9.57. The van der Waals surface area contributed by atoms with Gasteiger partial charge < -0.3 is 24.1 Å². The second kappa shape index (κ2) is 8.69. The van der Waals surface area contributed by atoms with Crippen molar-refractivity contribution >= 4 is 5.97 Å². The smallest absolute Gasteiger partial charge is 0.545 e. The van der Waals surface area contributed by atoms with Crippen molar-refractivity contribution in [3.8, 4) is 0 Å². The summed E-state index contributed by atoms with van der Waals surface area (Å²) in [5, 5.41) is 10.9. The number of hydrogen-bond donors (Lipinski definition) is 0. The van der Waals surface area contributed by atoms with E-state index >= 15 is 0 Å². The SMILES string of the molecule is C[C@H]1[C@@H](OCc2ccc(C(=O)[O-])cc2)O[C@@H]2O[C@@]3(C)CC[C@H]4[C@H](C)CC[C@@H]1[C@@]24OO3.[Na+]. The van der Waals surface area contributed by atoms with Crippen molar-refractivity contribution in [1.82, 2.24) is 0 Å². The Balaban J connectivity index is 0.00000231. The van der Waals surface area contributed by atoms with Gasteiger partial charge in [0.25, 0.3) is 0 Å². The van der Waals surface area contributed by atoms with Gasteiger partial charge in [0.05, 0.1) is 12.6 Å². The first kappa shape index (κ1) is 23.6. The zero-order valence-corrected chi connectivity index (χ0v) is 20.7. The molecule has 31 heavy (non-hydrogen) atoms. The van der Waals surface area contributed by atoms with E-state index in [1.807, 2.05) is 6.92 Å². The molecule has 4 saturated heterocycles. The first-order valence-corrected chi connectivity index (χ1v) is 10.9. The summed E-state index contributed by atoms with van der Waals surface area (Å²) in [6.45, 7) is 6.67. The van der Waals surface area contributed by atoms with Crippen molar-refractivity contribution in [2.45, 2.75) is 77.0 Å². The topological polar surface area (TPSA) is 86.3 Å². The number of benzene rings is 1. The van der Waals surface area contributed by atoms with Crippen LogP contribution in [0.5, 0.6) is 0 Å². The molecule has 8 heteroatoms. The van der Waals surface area contributed by atoms with Crippen LogP contribution >= 0.6 is 0 Å². The Kier molecular flexibility index (Phi) is 6.63. The predicted octanol–water partition coefficient (Wildman–Crippen LogP) is -0.221. The molecule has 1 saturated carbocycles. The van der Waals surface area contributed by atoms with Crippen LogP contribution in [0.4, 0.5) is 0 Å². The summed E-state index contributed by atoms with van der Waals surface area (Å²) in [5.74, 6) is -0.824. The van der Waals surface area contributed by atoms with Crippen LogP contribution in [-0.4, -0.2) is 29.9 Å². The van der Waals surface area contributed by atoms with Gasteiger partial charge in [-0.15, -0.1) is 0 Å². The van der Waals surface area contributed by atoms with E-state index in [4.69, 9.17) is 24.0 Å². The van der Waals surface area contributed by atoms with Crippen molar-refractivity contribution in [3.05, 3.63) is 35.4 Å². The Morgan fingerprint density at radius 3 is 2.58 bits per heavy atom. The van der Waals surface area contributed by atoms with Gasteiger partial charge in [0.2, 0.25) is 5.79 Å². The molecule has 4 heterocycles. The summed E-state index contributed by atoms with van der Waals surface area (Å²) in [4.78, 5) is 22.9. The van der Waals surface area contributed by atoms with Gasteiger partial charge in [0.1, 0.15) is 0 Å². The van der Waals surface area contributed by atoms with E-state index in [0.717, 1.165) is 31.2 Å². The molecule has 4 aliphatic heterocycles. The van der Waals surface area contributed by atoms with Crippen LogP contribution in [0.15, 0.2) is 24.3 Å². The van der Waals surface area contributed by atoms with Crippen LogP contribution in [0.1, 0.15) is 62.4 Å². The third-order valence-corrected chi connectivity index (χ3v) is 7.70. The van der Waals surface area contributed by atoms with Gasteiger partial charge in [-0.2, -0.15) is 0 Å². The number of carboxylic acids is 1. The molecule has 5 aliphatic rings. The molecule has 1 aromatic rings. The molecule has 164 valence electrons. The van der Waals surface area contributed by atoms with Crippen molar-refractivity contribution < 1.29 is 63.4 Å². The maximum atomic E-state index is 10.9. The Labute approximate surface area is 204 Å². The largest absolute Gasteiger partial charge is 1.00 e. The summed E-state index contributed by atoms with van der Waals surface area (Å²) in [6.07, 6.45) is 2.97. The van der Waals surface area contributed by atoms with Gasteiger partial charge in [-0.1, -0.05) is 38.1 Å². The maximum absolute atomic E-state index is 10.9. The van der Waals surface area contributed by atoms with E-state index in [2.05, 4.69) is 13.8 Å². The van der Waals surface area contributed by atoms with Crippen LogP contribution in [0, 0.1) is 23.7 Å². The summed E-state index contributed by atoms with van der Waals surface area (Å²) < 4.78 is 18.9. The minimum Gasteiger partial charge on any atom is -0.545 e. The van der Waals surface area contributed by atoms with E-state index in [-0.39, 0.29) is 47.0 Å². The third-order valence-electron chi connectivity index (χ3n) is 7.70. The third kappa shape index (κ3) is 3.91. The van der Waals surface area contributed by atoms with Gasteiger partial charge in [0.15, 0.2) is 18.2 Å². The predicted molar refractivity (Wildman–Crippen MR) is 102 cm³/mol. The van der Waals surface area contributed by atoms with Gasteiger partial charge in [-0.25, -0.2) is 9.78 Å². The first-order chi connectivity index (χ1) is 14.3. The van der Waals surface area contributed by atoms with Crippen LogP contribution in [0.2, 0.25) is 0 Å². The number of aromatic carboxylic acids is 1. The number of fused-ring (bicyclic) bond motifs is 2. The maximum Gasteiger partial charge on any atom is 1.00 e. The average molecular weight is 440 g/mol. The zero-order valence-electron chi connectivity index (χ0n) is 18.7. The van der Waals surface area contributed by atoms with Crippen molar-refractivity contribution in [3.63, 3.8) is 0 Å². The molecule has 1 spiro atoms. The molecule has 6 rings (SSSR count). The molecule has 7 nitrogen and oxygen atoms in total. The number of carbonyl (C=O) groups excluding carboxylic acids is 1. The number of carboxylic acid groups (broad SMARTS) is 1. The number of rotatable bonds is 4. The molecule has 2 bridgehead atoms. The molecule has 1 aromatic carbocycles. The van der Waals surface area contributed by atoms with Crippen LogP contribution < -0.4 is 34.7 Å². The Bertz CT molecular complexity index is 817. The van der Waals surface area contributed by atoms with Gasteiger partial charge in [-0.05, 0) is 49.1 Å². The van der Waals surface area contributed by atoms with Crippen LogP contribution in [0.3, 0.4) is 0 Å². The van der Waals surface area contributed by atoms with Gasteiger partial charge >= 0.3 is 29.6 Å².